The molecule has 2 heterocycles. The van der Waals surface area contributed by atoms with E-state index in [9.17, 15) is 14.9 Å². The summed E-state index contributed by atoms with van der Waals surface area (Å²) in [7, 11) is 0. The average molecular weight is 247 g/mol. The third-order valence-electron chi connectivity index (χ3n) is 2.38. The van der Waals surface area contributed by atoms with E-state index in [4.69, 9.17) is 5.73 Å². The molecule has 0 saturated heterocycles. The fourth-order valence-corrected chi connectivity index (χ4v) is 1.45. The summed E-state index contributed by atoms with van der Waals surface area (Å²) < 4.78 is 1.26. The first-order valence-corrected chi connectivity index (χ1v) is 4.95. The van der Waals surface area contributed by atoms with E-state index in [0.29, 0.717) is 11.4 Å². The first-order valence-electron chi connectivity index (χ1n) is 4.95. The number of aromatic nitrogens is 3. The van der Waals surface area contributed by atoms with E-state index < -0.39 is 10.8 Å². The number of carbonyl (C=O) groups is 1. The van der Waals surface area contributed by atoms with Crippen molar-refractivity contribution in [1.29, 1.82) is 0 Å². The molecule has 92 valence electrons. The molecule has 8 nitrogen and oxygen atoms in total. The molecule has 0 radical (unpaired) electrons. The van der Waals surface area contributed by atoms with Gasteiger partial charge in [-0.1, -0.05) is 0 Å². The summed E-state index contributed by atoms with van der Waals surface area (Å²) in [6.45, 7) is 1.65. The molecule has 8 heteroatoms. The van der Waals surface area contributed by atoms with Gasteiger partial charge in [0.15, 0.2) is 0 Å². The van der Waals surface area contributed by atoms with E-state index in [1.165, 1.54) is 23.1 Å². The number of hydrogen-bond donors (Lipinski definition) is 1. The van der Waals surface area contributed by atoms with Crippen LogP contribution in [0.4, 0.5) is 5.69 Å². The summed E-state index contributed by atoms with van der Waals surface area (Å²) in [6.07, 6.45) is 3.80. The van der Waals surface area contributed by atoms with Gasteiger partial charge in [-0.05, 0) is 13.0 Å². The number of rotatable bonds is 3. The predicted octanol–water partition coefficient (Wildman–Crippen LogP) is 0.583. The Morgan fingerprint density at radius 1 is 1.50 bits per heavy atom. The van der Waals surface area contributed by atoms with Crippen molar-refractivity contribution in [1.82, 2.24) is 14.8 Å². The van der Waals surface area contributed by atoms with E-state index >= 15 is 0 Å². The highest BCUT2D eigenvalue weighted by Gasteiger charge is 2.12. The van der Waals surface area contributed by atoms with E-state index in [0.717, 1.165) is 6.20 Å². The van der Waals surface area contributed by atoms with Crippen molar-refractivity contribution < 1.29 is 9.72 Å². The van der Waals surface area contributed by atoms with Gasteiger partial charge in [0.1, 0.15) is 12.4 Å². The Balaban J connectivity index is 2.47. The van der Waals surface area contributed by atoms with Gasteiger partial charge < -0.3 is 5.73 Å². The number of aryl methyl sites for hydroxylation is 1. The maximum absolute atomic E-state index is 11.2. The minimum absolute atomic E-state index is 0.142. The number of nitrogens with two attached hydrogens (primary N) is 1. The van der Waals surface area contributed by atoms with Crippen LogP contribution < -0.4 is 5.73 Å². The molecule has 0 unspecified atom stereocenters. The molecular weight excluding hydrogens is 238 g/mol. The zero-order valence-electron chi connectivity index (χ0n) is 9.40. The van der Waals surface area contributed by atoms with Crippen molar-refractivity contribution in [3.63, 3.8) is 0 Å². The molecule has 1 amide bonds. The molecule has 0 bridgehead atoms. The lowest BCUT2D eigenvalue weighted by atomic mass is 10.2. The largest absolute Gasteiger partial charge is 0.366 e. The van der Waals surface area contributed by atoms with E-state index in [1.807, 2.05) is 0 Å². The minimum Gasteiger partial charge on any atom is -0.366 e. The third kappa shape index (κ3) is 2.03. The number of carbonyl (C=O) groups excluding carboxylic acids is 1. The van der Waals surface area contributed by atoms with Crippen molar-refractivity contribution >= 4 is 11.6 Å². The zero-order valence-corrected chi connectivity index (χ0v) is 9.40. The van der Waals surface area contributed by atoms with Gasteiger partial charge in [0.25, 0.3) is 5.91 Å². The second-order valence-corrected chi connectivity index (χ2v) is 3.59. The number of amides is 1. The van der Waals surface area contributed by atoms with Gasteiger partial charge in [-0.25, -0.2) is 4.68 Å². The molecular formula is C10H9N5O3. The first-order chi connectivity index (χ1) is 8.49. The average Bonchev–Trinajstić information content (AvgIpc) is 2.78. The molecule has 2 N–H and O–H groups in total. The summed E-state index contributed by atoms with van der Waals surface area (Å²) in [5.74, 6) is -0.608. The second kappa shape index (κ2) is 4.24. The lowest BCUT2D eigenvalue weighted by Gasteiger charge is -2.04. The van der Waals surface area contributed by atoms with Gasteiger partial charge in [-0.15, -0.1) is 0 Å². The van der Waals surface area contributed by atoms with Crippen molar-refractivity contribution in [3.8, 4) is 5.69 Å². The highest BCUT2D eigenvalue weighted by molar-refractivity contribution is 5.94. The maximum Gasteiger partial charge on any atom is 0.307 e. The summed E-state index contributed by atoms with van der Waals surface area (Å²) in [5.41, 5.74) is 6.24. The molecule has 0 saturated carbocycles. The molecule has 2 aromatic rings. The Hall–Kier alpha value is -2.77. The number of nitro groups is 1. The highest BCUT2D eigenvalue weighted by Crippen LogP contribution is 2.15. The second-order valence-electron chi connectivity index (χ2n) is 3.59. The van der Waals surface area contributed by atoms with Crippen molar-refractivity contribution in [2.45, 2.75) is 6.92 Å². The Morgan fingerprint density at radius 3 is 2.78 bits per heavy atom. The minimum atomic E-state index is -0.608. The lowest BCUT2D eigenvalue weighted by Crippen LogP contribution is -2.14. The highest BCUT2D eigenvalue weighted by atomic mass is 16.6. The van der Waals surface area contributed by atoms with Crippen molar-refractivity contribution in [2.24, 2.45) is 5.73 Å². The smallest absolute Gasteiger partial charge is 0.307 e. The molecule has 0 spiro atoms. The molecule has 0 aromatic carbocycles. The third-order valence-corrected chi connectivity index (χ3v) is 2.38. The summed E-state index contributed by atoms with van der Waals surface area (Å²) >= 11 is 0. The van der Waals surface area contributed by atoms with Gasteiger partial charge in [-0.2, -0.15) is 5.10 Å². The van der Waals surface area contributed by atoms with Crippen LogP contribution in [0.3, 0.4) is 0 Å². The van der Waals surface area contributed by atoms with Crippen molar-refractivity contribution in [2.75, 3.05) is 0 Å². The fraction of sp³-hybridized carbons (Fsp3) is 0.100. The van der Waals surface area contributed by atoms with Crippen LogP contribution in [0.5, 0.6) is 0 Å². The van der Waals surface area contributed by atoms with Crippen LogP contribution in [-0.4, -0.2) is 25.6 Å². The van der Waals surface area contributed by atoms with Crippen LogP contribution in [0.1, 0.15) is 16.1 Å². The molecule has 18 heavy (non-hydrogen) atoms. The maximum atomic E-state index is 11.2. The SMILES string of the molecule is Cc1ncc(-n2cc([N+](=O)[O-])cn2)cc1C(N)=O. The predicted molar refractivity (Wildman–Crippen MR) is 61.3 cm³/mol. The Labute approximate surface area is 101 Å². The Morgan fingerprint density at radius 2 is 2.22 bits per heavy atom. The quantitative estimate of drug-likeness (QED) is 0.628. The van der Waals surface area contributed by atoms with Crippen LogP contribution in [0.15, 0.2) is 24.7 Å². The van der Waals surface area contributed by atoms with Crippen LogP contribution >= 0.6 is 0 Å². The number of primary amides is 1. The lowest BCUT2D eigenvalue weighted by molar-refractivity contribution is -0.384. The van der Waals surface area contributed by atoms with Crippen LogP contribution in [0, 0.1) is 17.0 Å². The molecule has 0 aliphatic rings. The molecule has 0 atom stereocenters. The first kappa shape index (κ1) is 11.7. The van der Waals surface area contributed by atoms with E-state index in [-0.39, 0.29) is 11.3 Å². The molecule has 2 aromatic heterocycles. The van der Waals surface area contributed by atoms with E-state index in [2.05, 4.69) is 10.1 Å². The monoisotopic (exact) mass is 247 g/mol. The van der Waals surface area contributed by atoms with Gasteiger partial charge in [0.2, 0.25) is 0 Å². The zero-order chi connectivity index (χ0) is 13.3. The fourth-order valence-electron chi connectivity index (χ4n) is 1.45. The summed E-state index contributed by atoms with van der Waals surface area (Å²) in [4.78, 5) is 25.1. The van der Waals surface area contributed by atoms with Crippen LogP contribution in [0.2, 0.25) is 0 Å². The van der Waals surface area contributed by atoms with Crippen molar-refractivity contribution in [3.05, 3.63) is 46.0 Å². The topological polar surface area (TPSA) is 117 Å². The Kier molecular flexibility index (Phi) is 2.76. The van der Waals surface area contributed by atoms with Gasteiger partial charge in [0.05, 0.1) is 28.1 Å². The number of nitrogens with zero attached hydrogens (tertiary/aromatic N) is 4. The van der Waals surface area contributed by atoms with E-state index in [1.54, 1.807) is 6.92 Å². The number of pyridine rings is 1. The number of hydrogen-bond acceptors (Lipinski definition) is 5. The van der Waals surface area contributed by atoms with Crippen LogP contribution in [0.25, 0.3) is 5.69 Å². The molecule has 0 aliphatic heterocycles. The molecule has 0 aliphatic carbocycles. The summed E-state index contributed by atoms with van der Waals surface area (Å²) in [6, 6.07) is 1.49. The standard InChI is InChI=1S/C10H9N5O3/c1-6-9(10(11)16)2-7(3-12-6)14-5-8(4-13-14)15(17)18/h2-5H,1H3,(H2,11,16). The molecule has 2 rings (SSSR count). The summed E-state index contributed by atoms with van der Waals surface area (Å²) in [5, 5.41) is 14.4. The van der Waals surface area contributed by atoms with Gasteiger partial charge >= 0.3 is 5.69 Å². The normalized spacial score (nSPS) is 10.3. The Bertz CT molecular complexity index is 634. The van der Waals surface area contributed by atoms with Crippen LogP contribution in [-0.2, 0) is 0 Å². The van der Waals surface area contributed by atoms with Gasteiger partial charge in [0, 0.05) is 0 Å². The molecule has 0 fully saturated rings. The van der Waals surface area contributed by atoms with Gasteiger partial charge in [-0.3, -0.25) is 19.9 Å².